The first-order valence-electron chi connectivity index (χ1n) is 53.5. The lowest BCUT2D eigenvalue weighted by molar-refractivity contribution is -0.222. The average molecular weight is 1850 g/mol. The summed E-state index contributed by atoms with van der Waals surface area (Å²) in [4.78, 5) is 109. The van der Waals surface area contributed by atoms with E-state index in [2.05, 4.69) is 83.1 Å². The monoisotopic (exact) mass is 1850 g/mol. The fourth-order valence-corrected chi connectivity index (χ4v) is 30.1. The quantitative estimate of drug-likeness (QED) is 0.0735. The number of aliphatic hydroxyl groups is 1. The lowest BCUT2D eigenvalue weighted by atomic mass is 9.46. The Morgan fingerprint density at radius 3 is 1.31 bits per heavy atom. The Balaban J connectivity index is 0.000000124. The average Bonchev–Trinajstić information content (AvgIpc) is 1.61. The molecule has 17 saturated carbocycles. The van der Waals surface area contributed by atoms with Gasteiger partial charge >= 0.3 is 53.7 Å². The van der Waals surface area contributed by atoms with Crippen molar-refractivity contribution in [1.82, 2.24) is 0 Å². The molecule has 17 aliphatic carbocycles. The second-order valence-electron chi connectivity index (χ2n) is 52.1. The van der Waals surface area contributed by atoms with Crippen LogP contribution in [0.2, 0.25) is 0 Å². The van der Waals surface area contributed by atoms with Gasteiger partial charge in [-0.3, -0.25) is 43.2 Å². The topological polar surface area (TPSA) is 275 Å². The molecule has 1 N–H and O–H groups in total. The largest absolute Gasteiger partial charge is 0.459 e. The maximum atomic E-state index is 12.6. The summed E-state index contributed by atoms with van der Waals surface area (Å²) in [7, 11) is 0. The van der Waals surface area contributed by atoms with Gasteiger partial charge < -0.3 is 57.2 Å². The third-order valence-electron chi connectivity index (χ3n) is 41.3. The molecule has 6 heterocycles. The summed E-state index contributed by atoms with van der Waals surface area (Å²) in [6.45, 7) is 55.7. The minimum atomic E-state index is -0.542. The number of ether oxygens (including phenoxy) is 11. The van der Waals surface area contributed by atoms with Crippen LogP contribution in [0.3, 0.4) is 0 Å². The fraction of sp³-hybridized carbons (Fsp3) is 0.919. The molecule has 0 aromatic carbocycles. The van der Waals surface area contributed by atoms with Crippen molar-refractivity contribution < 1.29 is 100 Å². The van der Waals surface area contributed by atoms with Crippen LogP contribution in [0.25, 0.3) is 0 Å². The molecular weight excluding hydrogens is 1670 g/mol. The molecule has 23 aliphatic rings. The third kappa shape index (κ3) is 19.0. The summed E-state index contributed by atoms with van der Waals surface area (Å²) < 4.78 is 63.2. The standard InChI is InChI=1S/C19H32O2.C18H30O2.C17H28O2.C17H30O2.C15H24O3.C13H18O5.C12H16O5/c1-6-17(2,3)16(20)21-18(4,5)19-10-13-7-14(11-19)9-15(8-13)12-19;1-5-17(3,4)16(19)20-18(6-2)11-12-10-15(18)14-9-7-8-13(12)14;1-5-16(2,3)15(18)19-17(4)13-7-11-6-12(9-13)10-14(17)8-11;1-8-14(2,3)13(18)19-17(7)11-12-9-10-16(17,6)15(12,4)5;1-3-10(2)13(16)18-15-7-11-4-12(8-15)6-14(17,5-11)9-15;1-4-13(2,3)12(15)18-9-7-5-6-8(16-7)10(9)17-11(6)14;1-3-5(2)11(13)16-9-7-4-6-8(15-7)10(9)17-12(6)14/h13-15H,6-12H2,1-5H3;12-15H,5-11H2,1-4H3;11-14H,5-10H2,1-4H3;12H,8-11H2,1-7H3;10-12,17H,3-9H2,1-2H3;6-10H,4-5H2,1-3H3;5-10H,3-4H2,1-2H3. The molecule has 132 heavy (non-hydrogen) atoms. The Bertz CT molecular complexity index is 4140. The molecule has 22 atom stereocenters. The van der Waals surface area contributed by atoms with Gasteiger partial charge in [-0.2, -0.15) is 0 Å². The van der Waals surface area contributed by atoms with Crippen LogP contribution in [0, 0.1) is 150 Å². The van der Waals surface area contributed by atoms with Crippen LogP contribution < -0.4 is 0 Å². The molecular formula is C111H178O21. The number of hydrogen-bond acceptors (Lipinski definition) is 21. The van der Waals surface area contributed by atoms with Gasteiger partial charge in [0.15, 0.2) is 24.4 Å². The van der Waals surface area contributed by atoms with Gasteiger partial charge in [-0.05, 0) is 391 Å². The molecule has 20 bridgehead atoms. The number of carbonyl (C=O) groups excluding carboxylic acids is 9. The van der Waals surface area contributed by atoms with Gasteiger partial charge in [0.1, 0.15) is 40.2 Å². The lowest BCUT2D eigenvalue weighted by Gasteiger charge is -2.61. The number of fused-ring (bicyclic) bond motifs is 9. The summed E-state index contributed by atoms with van der Waals surface area (Å²) in [6.07, 6.45) is 36.2. The van der Waals surface area contributed by atoms with E-state index < -0.39 is 29.3 Å². The number of hydrogen-bond donors (Lipinski definition) is 1. The zero-order valence-electron chi connectivity index (χ0n) is 86.9. The number of carbonyl (C=O) groups is 9. The van der Waals surface area contributed by atoms with Crippen molar-refractivity contribution >= 4 is 53.7 Å². The Morgan fingerprint density at radius 2 is 0.864 bits per heavy atom. The molecule has 23 fully saturated rings. The Kier molecular flexibility index (Phi) is 29.1. The maximum Gasteiger partial charge on any atom is 0.312 e. The molecule has 21 nitrogen and oxygen atoms in total. The molecule has 0 amide bonds. The van der Waals surface area contributed by atoms with E-state index in [9.17, 15) is 48.3 Å². The van der Waals surface area contributed by atoms with E-state index in [4.69, 9.17) is 52.1 Å². The first kappa shape index (κ1) is 103. The minimum absolute atomic E-state index is 0.00857. The van der Waals surface area contributed by atoms with Gasteiger partial charge in [-0.25, -0.2) is 0 Å². The van der Waals surface area contributed by atoms with Gasteiger partial charge in [0.05, 0.1) is 68.6 Å². The predicted octanol–water partition coefficient (Wildman–Crippen LogP) is 22.6. The van der Waals surface area contributed by atoms with Crippen LogP contribution in [0.5, 0.6) is 0 Å². The molecule has 6 aliphatic heterocycles. The Hall–Kier alpha value is -4.89. The molecule has 748 valence electrons. The van der Waals surface area contributed by atoms with E-state index in [-0.39, 0.29) is 174 Å². The SMILES string of the molecule is CCC(C)(C)C(=O)OC(C)(C)C12CC3CC(CC(C3)C1)C2.CCC(C)(C)C(=O)OC1(C)C2CC3CC(C2)CC1C3.CCC(C)(C)C(=O)OC1(C)CC2CCC1(C)C2(C)C.CCC(C)(C)C(=O)OC1(CC)CC2CC1C1CCCC21.CCC(C)(C)C(=O)OC1C2CC3C(=O)OC1C3O2.CCC(C)C(=O)OC12CC3CC(CC(O)(C3)C1)C2.CCC(C)C(=O)OC1C2CC3C(=O)OC1C3O2. The molecule has 21 heteroatoms. The highest BCUT2D eigenvalue weighted by molar-refractivity contribution is 5.81. The second kappa shape index (κ2) is 37.3. The van der Waals surface area contributed by atoms with Crippen molar-refractivity contribution in [2.75, 3.05) is 0 Å². The Labute approximate surface area is 793 Å². The van der Waals surface area contributed by atoms with Gasteiger partial charge in [0.25, 0.3) is 0 Å². The Morgan fingerprint density at radius 1 is 0.432 bits per heavy atom. The summed E-state index contributed by atoms with van der Waals surface area (Å²) in [5, 5.41) is 10.6. The minimum Gasteiger partial charge on any atom is -0.459 e. The van der Waals surface area contributed by atoms with Crippen molar-refractivity contribution in [3.63, 3.8) is 0 Å². The summed E-state index contributed by atoms with van der Waals surface area (Å²) in [6, 6.07) is 0. The molecule has 0 aromatic rings. The lowest BCUT2D eigenvalue weighted by Crippen LogP contribution is -2.60. The van der Waals surface area contributed by atoms with E-state index in [0.717, 1.165) is 131 Å². The van der Waals surface area contributed by atoms with Crippen molar-refractivity contribution in [2.24, 2.45) is 150 Å². The van der Waals surface area contributed by atoms with E-state index in [1.54, 1.807) is 0 Å². The van der Waals surface area contributed by atoms with Crippen LogP contribution in [0.4, 0.5) is 0 Å². The second-order valence-corrected chi connectivity index (χ2v) is 52.1. The smallest absolute Gasteiger partial charge is 0.312 e. The van der Waals surface area contributed by atoms with Crippen LogP contribution in [0.1, 0.15) is 412 Å². The van der Waals surface area contributed by atoms with Crippen molar-refractivity contribution in [1.29, 1.82) is 0 Å². The summed E-state index contributed by atoms with van der Waals surface area (Å²) in [5.41, 5.74) is -3.04. The highest BCUT2D eigenvalue weighted by Crippen LogP contribution is 2.72. The van der Waals surface area contributed by atoms with E-state index in [1.165, 1.54) is 116 Å². The highest BCUT2D eigenvalue weighted by atomic mass is 16.7. The van der Waals surface area contributed by atoms with Crippen molar-refractivity contribution in [2.45, 2.75) is 494 Å². The zero-order chi connectivity index (χ0) is 96.7. The number of esters is 9. The maximum absolute atomic E-state index is 12.6. The van der Waals surface area contributed by atoms with Crippen LogP contribution in [0.15, 0.2) is 0 Å². The highest BCUT2D eigenvalue weighted by Gasteiger charge is 2.72. The van der Waals surface area contributed by atoms with Crippen molar-refractivity contribution in [3.05, 3.63) is 0 Å². The van der Waals surface area contributed by atoms with Gasteiger partial charge in [0, 0.05) is 23.2 Å². The van der Waals surface area contributed by atoms with Crippen molar-refractivity contribution in [3.8, 4) is 0 Å². The summed E-state index contributed by atoms with van der Waals surface area (Å²) >= 11 is 0. The zero-order valence-corrected chi connectivity index (χ0v) is 86.9. The van der Waals surface area contributed by atoms with Gasteiger partial charge in [-0.15, -0.1) is 0 Å². The van der Waals surface area contributed by atoms with Gasteiger partial charge in [0.2, 0.25) is 0 Å². The third-order valence-corrected chi connectivity index (χ3v) is 41.3. The van der Waals surface area contributed by atoms with E-state index in [0.29, 0.717) is 61.2 Å². The normalized spacial score (nSPS) is 42.5. The first-order chi connectivity index (χ1) is 61.4. The van der Waals surface area contributed by atoms with Crippen LogP contribution in [-0.4, -0.2) is 141 Å². The van der Waals surface area contributed by atoms with E-state index in [1.807, 2.05) is 104 Å². The van der Waals surface area contributed by atoms with Crippen LogP contribution >= 0.6 is 0 Å². The van der Waals surface area contributed by atoms with Gasteiger partial charge in [-0.1, -0.05) is 96.4 Å². The molecule has 6 saturated heterocycles. The fourth-order valence-electron chi connectivity index (χ4n) is 30.1. The molecule has 22 unspecified atom stereocenters. The summed E-state index contributed by atoms with van der Waals surface area (Å²) in [5.74, 6) is 9.57. The number of rotatable bonds is 23. The van der Waals surface area contributed by atoms with Crippen LogP contribution in [-0.2, 0) is 95.3 Å². The molecule has 0 spiro atoms. The predicted molar refractivity (Wildman–Crippen MR) is 503 cm³/mol. The molecule has 0 aromatic heterocycles. The molecule has 23 rings (SSSR count). The molecule has 0 radical (unpaired) electrons. The first-order valence-corrected chi connectivity index (χ1v) is 53.5. The van der Waals surface area contributed by atoms with E-state index >= 15 is 0 Å².